The molecule has 1 fully saturated rings. The third kappa shape index (κ3) is 9.16. The molecule has 57 heavy (non-hydrogen) atoms. The van der Waals surface area contributed by atoms with Crippen molar-refractivity contribution in [2.24, 2.45) is 17.4 Å². The number of nitrogens with zero attached hydrogens (tertiary/aromatic N) is 3. The summed E-state index contributed by atoms with van der Waals surface area (Å²) >= 11 is 0. The Morgan fingerprint density at radius 3 is 2.30 bits per heavy atom. The number of rotatable bonds is 13. The summed E-state index contributed by atoms with van der Waals surface area (Å²) in [6, 6.07) is 26.9. The first kappa shape index (κ1) is 38.8. The Hall–Kier alpha value is -6.47. The summed E-state index contributed by atoms with van der Waals surface area (Å²) in [4.78, 5) is 38.2. The summed E-state index contributed by atoms with van der Waals surface area (Å²) in [5, 5.41) is 29.5. The van der Waals surface area contributed by atoms with Crippen molar-refractivity contribution in [1.29, 1.82) is 5.41 Å². The van der Waals surface area contributed by atoms with Crippen LogP contribution >= 0.6 is 0 Å². The lowest BCUT2D eigenvalue weighted by Gasteiger charge is -2.34. The van der Waals surface area contributed by atoms with Crippen molar-refractivity contribution in [1.82, 2.24) is 30.7 Å². The number of para-hydroxylation sites is 1. The van der Waals surface area contributed by atoms with Gasteiger partial charge in [0.2, 0.25) is 17.7 Å². The second kappa shape index (κ2) is 17.1. The van der Waals surface area contributed by atoms with Crippen molar-refractivity contribution in [2.45, 2.75) is 64.1 Å². The minimum Gasteiger partial charge on any atom is -0.508 e. The number of guanidine groups is 1. The number of aromatic hydroxyl groups is 1. The van der Waals surface area contributed by atoms with Gasteiger partial charge in [-0.2, -0.15) is 4.98 Å². The Bertz CT molecular complexity index is 2320. The van der Waals surface area contributed by atoms with E-state index in [0.29, 0.717) is 44.6 Å². The van der Waals surface area contributed by atoms with Gasteiger partial charge in [-0.25, -0.2) is 0 Å². The molecule has 0 aliphatic carbocycles. The first-order chi connectivity index (χ1) is 27.5. The summed E-state index contributed by atoms with van der Waals surface area (Å²) < 4.78 is 5.88. The van der Waals surface area contributed by atoms with E-state index in [2.05, 4.69) is 45.0 Å². The van der Waals surface area contributed by atoms with E-state index in [1.165, 1.54) is 0 Å². The second-order valence-corrected chi connectivity index (χ2v) is 15.0. The molecular weight excluding hydrogens is 719 g/mol. The highest BCUT2D eigenvalue weighted by Crippen LogP contribution is 2.27. The highest BCUT2D eigenvalue weighted by atomic mass is 16.5. The summed E-state index contributed by atoms with van der Waals surface area (Å²) in [7, 11) is 0. The number of amides is 2. The van der Waals surface area contributed by atoms with Gasteiger partial charge < -0.3 is 41.6 Å². The zero-order valence-corrected chi connectivity index (χ0v) is 32.2. The number of phenolic OH excluding ortho intramolecular Hbond substituents is 1. The zero-order chi connectivity index (χ0) is 40.1. The molecule has 13 heteroatoms. The molecule has 3 atom stereocenters. The van der Waals surface area contributed by atoms with E-state index in [4.69, 9.17) is 26.4 Å². The number of benzene rings is 4. The summed E-state index contributed by atoms with van der Waals surface area (Å²) in [5.41, 5.74) is 19.8. The molecule has 9 N–H and O–H groups in total. The quantitative estimate of drug-likeness (QED) is 0.0608. The van der Waals surface area contributed by atoms with E-state index in [9.17, 15) is 14.7 Å². The number of carbonyl (C=O) groups is 2. The topological polar surface area (TPSA) is 212 Å². The van der Waals surface area contributed by atoms with Crippen LogP contribution in [0.1, 0.15) is 58.4 Å². The number of carbonyl (C=O) groups excluding carboxylic acids is 2. The van der Waals surface area contributed by atoms with Gasteiger partial charge in [0.15, 0.2) is 11.8 Å². The first-order valence-electron chi connectivity index (χ1n) is 19.3. The molecule has 2 unspecified atom stereocenters. The van der Waals surface area contributed by atoms with Gasteiger partial charge in [-0.3, -0.25) is 15.0 Å². The van der Waals surface area contributed by atoms with Gasteiger partial charge in [-0.1, -0.05) is 78.0 Å². The Morgan fingerprint density at radius 2 is 1.60 bits per heavy atom. The highest BCUT2D eigenvalue weighted by molar-refractivity contribution is 5.90. The number of hydrogen-bond acceptors (Lipinski definition) is 8. The molecule has 13 nitrogen and oxygen atoms in total. The molecule has 0 spiro atoms. The van der Waals surface area contributed by atoms with Gasteiger partial charge in [0, 0.05) is 49.5 Å². The van der Waals surface area contributed by atoms with Gasteiger partial charge in [0.25, 0.3) is 0 Å². The fraction of sp³-hybridized carbons (Fsp3) is 0.295. The number of H-pyrrole nitrogens is 1. The molecule has 1 aliphatic heterocycles. The summed E-state index contributed by atoms with van der Waals surface area (Å²) in [5.74, 6) is -0.223. The molecule has 0 saturated carbocycles. The van der Waals surface area contributed by atoms with Crippen molar-refractivity contribution in [3.05, 3.63) is 137 Å². The molecule has 7 rings (SSSR count). The third-order valence-electron chi connectivity index (χ3n) is 11.0. The Labute approximate surface area is 331 Å². The number of aromatic amines is 1. The molecule has 2 aromatic heterocycles. The van der Waals surface area contributed by atoms with Gasteiger partial charge in [0.1, 0.15) is 17.8 Å². The smallest absolute Gasteiger partial charge is 0.249 e. The highest BCUT2D eigenvalue weighted by Gasteiger charge is 2.34. The van der Waals surface area contributed by atoms with E-state index in [1.54, 1.807) is 17.0 Å². The summed E-state index contributed by atoms with van der Waals surface area (Å²) in [6.07, 6.45) is 3.99. The van der Waals surface area contributed by atoms with Crippen LogP contribution in [0, 0.1) is 25.2 Å². The molecule has 6 aromatic rings. The van der Waals surface area contributed by atoms with Crippen LogP contribution in [-0.4, -0.2) is 68.1 Å². The minimum absolute atomic E-state index is 0.00380. The van der Waals surface area contributed by atoms with Crippen molar-refractivity contribution in [3.8, 4) is 16.9 Å². The van der Waals surface area contributed by atoms with E-state index >= 15 is 0 Å². The lowest BCUT2D eigenvalue weighted by Crippen LogP contribution is -2.56. The van der Waals surface area contributed by atoms with Crippen LogP contribution in [-0.2, 0) is 28.9 Å². The largest absolute Gasteiger partial charge is 0.508 e. The Kier molecular flexibility index (Phi) is 11.7. The monoisotopic (exact) mass is 767 g/mol. The fourth-order valence-electron chi connectivity index (χ4n) is 7.79. The third-order valence-corrected chi connectivity index (χ3v) is 11.0. The lowest BCUT2D eigenvalue weighted by atomic mass is 9.89. The van der Waals surface area contributed by atoms with Crippen LogP contribution in [0.5, 0.6) is 5.75 Å². The number of hydrogen-bond donors (Lipinski definition) is 7. The average molecular weight is 768 g/mol. The predicted octanol–water partition coefficient (Wildman–Crippen LogP) is 5.19. The normalized spacial score (nSPS) is 14.9. The maximum atomic E-state index is 14.6. The number of phenols is 1. The molecule has 3 heterocycles. The molecule has 2 amide bonds. The van der Waals surface area contributed by atoms with Crippen molar-refractivity contribution >= 4 is 28.7 Å². The van der Waals surface area contributed by atoms with E-state index in [1.807, 2.05) is 74.6 Å². The van der Waals surface area contributed by atoms with E-state index in [-0.39, 0.29) is 29.9 Å². The maximum absolute atomic E-state index is 14.6. The Balaban J connectivity index is 1.15. The molecule has 4 aromatic carbocycles. The van der Waals surface area contributed by atoms with E-state index < -0.39 is 29.9 Å². The number of fused-ring (bicyclic) bond motifs is 1. The number of nitrogens with one attached hydrogen (secondary N) is 4. The molecule has 0 bridgehead atoms. The van der Waals surface area contributed by atoms with E-state index in [0.717, 1.165) is 49.8 Å². The van der Waals surface area contributed by atoms with Crippen molar-refractivity contribution in [2.75, 3.05) is 13.1 Å². The molecular formula is C44H49N9O4. The van der Waals surface area contributed by atoms with Gasteiger partial charge in [-0.15, -0.1) is 0 Å². The maximum Gasteiger partial charge on any atom is 0.249 e. The Morgan fingerprint density at radius 1 is 0.930 bits per heavy atom. The van der Waals surface area contributed by atoms with Crippen LogP contribution < -0.4 is 22.1 Å². The predicted molar refractivity (Wildman–Crippen MR) is 219 cm³/mol. The number of piperidine rings is 1. The number of aryl methyl sites for hydroxylation is 2. The summed E-state index contributed by atoms with van der Waals surface area (Å²) in [6.45, 7) is 4.78. The van der Waals surface area contributed by atoms with Crippen LogP contribution in [0.25, 0.3) is 22.0 Å². The van der Waals surface area contributed by atoms with Crippen LogP contribution in [0.3, 0.4) is 0 Å². The molecule has 1 aliphatic rings. The number of nitrogens with two attached hydrogens (primary N) is 2. The van der Waals surface area contributed by atoms with Gasteiger partial charge in [0.05, 0.1) is 6.04 Å². The molecule has 1 saturated heterocycles. The standard InChI is InChI=1S/C44H49N9O4/c1-26-20-33(54)21-27(2)35(26)24-37(49-42(56)40(45)31-16-18-53(19-17-31)44(46)47)41(55)50-38(23-32-25-48-36-11-7-6-10-34(32)36)43-51-39(52-57-43)22-28-12-14-30(15-13-28)29-8-4-3-5-9-29/h3-15,20-21,25,31,37-38,40,48,54H,16-19,22-24,45H2,1-2H3,(H3,46,47)(H,49,56)(H,50,55)/t37?,38-,40?/m0/s1. The van der Waals surface area contributed by atoms with Crippen molar-refractivity contribution < 1.29 is 19.2 Å². The van der Waals surface area contributed by atoms with Crippen molar-refractivity contribution in [3.63, 3.8) is 0 Å². The van der Waals surface area contributed by atoms with Crippen LogP contribution in [0.4, 0.5) is 0 Å². The molecule has 0 radical (unpaired) electrons. The zero-order valence-electron chi connectivity index (χ0n) is 32.2. The second-order valence-electron chi connectivity index (χ2n) is 15.0. The van der Waals surface area contributed by atoms with Crippen LogP contribution in [0.2, 0.25) is 0 Å². The fourth-order valence-corrected chi connectivity index (χ4v) is 7.79. The first-order valence-corrected chi connectivity index (χ1v) is 19.3. The molecule has 294 valence electrons. The number of aromatic nitrogens is 3. The number of likely N-dealkylation sites (tertiary alicyclic amines) is 1. The minimum atomic E-state index is -1.03. The van der Waals surface area contributed by atoms with Gasteiger partial charge >= 0.3 is 0 Å². The lowest BCUT2D eigenvalue weighted by molar-refractivity contribution is -0.131. The van der Waals surface area contributed by atoms with Crippen LogP contribution in [0.15, 0.2) is 102 Å². The SMILES string of the molecule is Cc1cc(O)cc(C)c1CC(NC(=O)C(N)C1CCN(C(=N)N)CC1)C(=O)N[C@@H](Cc1c[nH]c2ccccc12)c1nc(Cc2ccc(-c3ccccc3)cc2)no1. The van der Waals surface area contributed by atoms with Gasteiger partial charge in [-0.05, 0) is 89.8 Å². The average Bonchev–Trinajstić information content (AvgIpc) is 3.86.